The summed E-state index contributed by atoms with van der Waals surface area (Å²) in [5.74, 6) is -5.02. The molecule has 0 saturated carbocycles. The van der Waals surface area contributed by atoms with Gasteiger partial charge >= 0.3 is 17.9 Å². The van der Waals surface area contributed by atoms with E-state index in [0.717, 1.165) is 6.54 Å². The molecule has 8 nitrogen and oxygen atoms in total. The Kier molecular flexibility index (Phi) is 8.42. The summed E-state index contributed by atoms with van der Waals surface area (Å²) in [6, 6.07) is 10.3. The number of rotatable bonds is 7. The van der Waals surface area contributed by atoms with Crippen LogP contribution in [-0.4, -0.2) is 51.0 Å². The minimum Gasteiger partial charge on any atom is -0.481 e. The third-order valence-electron chi connectivity index (χ3n) is 2.51. The van der Waals surface area contributed by atoms with Crippen LogP contribution in [0, 0.1) is 0 Å². The number of carboxylic acids is 3. The zero-order valence-electron chi connectivity index (χ0n) is 12.0. The van der Waals surface area contributed by atoms with Gasteiger partial charge in [0, 0.05) is 6.54 Å². The van der Waals surface area contributed by atoms with E-state index in [9.17, 15) is 14.4 Å². The van der Waals surface area contributed by atoms with Gasteiger partial charge in [0.1, 0.15) is 0 Å². The standard InChI is InChI=1S/C8H11N.C6H8O7/c1-9-7-8-5-3-2-4-6-8;7-3(8)1-6(13,5(11)12)2-4(9)10/h2-6,9H,7H2,1H3;13H,1-2H2,(H,7,8)(H,9,10)(H,11,12). The van der Waals surface area contributed by atoms with Crippen molar-refractivity contribution in [3.63, 3.8) is 0 Å². The molecule has 8 heteroatoms. The molecule has 0 aliphatic heterocycles. The van der Waals surface area contributed by atoms with Gasteiger partial charge in [0.25, 0.3) is 0 Å². The number of hydrogen-bond donors (Lipinski definition) is 5. The van der Waals surface area contributed by atoms with Crippen LogP contribution < -0.4 is 5.32 Å². The third-order valence-corrected chi connectivity index (χ3v) is 2.51. The van der Waals surface area contributed by atoms with Crippen molar-refractivity contribution in [1.29, 1.82) is 0 Å². The van der Waals surface area contributed by atoms with Gasteiger partial charge in [-0.05, 0) is 12.6 Å². The van der Waals surface area contributed by atoms with Gasteiger partial charge in [-0.15, -0.1) is 0 Å². The van der Waals surface area contributed by atoms with Crippen LogP contribution >= 0.6 is 0 Å². The highest BCUT2D eigenvalue weighted by Gasteiger charge is 2.40. The number of aliphatic hydroxyl groups is 1. The van der Waals surface area contributed by atoms with Gasteiger partial charge in [-0.2, -0.15) is 0 Å². The zero-order valence-corrected chi connectivity index (χ0v) is 12.0. The molecule has 122 valence electrons. The SMILES string of the molecule is CNCc1ccccc1.O=C(O)CC(O)(CC(=O)O)C(=O)O. The molecular weight excluding hydrogens is 294 g/mol. The summed E-state index contributed by atoms with van der Waals surface area (Å²) < 4.78 is 0. The van der Waals surface area contributed by atoms with E-state index in [1.807, 2.05) is 25.2 Å². The molecule has 0 unspecified atom stereocenters. The molecule has 0 bridgehead atoms. The van der Waals surface area contributed by atoms with Crippen LogP contribution in [0.3, 0.4) is 0 Å². The van der Waals surface area contributed by atoms with E-state index in [-0.39, 0.29) is 0 Å². The van der Waals surface area contributed by atoms with Crippen molar-refractivity contribution in [3.8, 4) is 0 Å². The molecule has 0 aliphatic carbocycles. The Morgan fingerprint density at radius 3 is 1.77 bits per heavy atom. The molecule has 0 fully saturated rings. The van der Waals surface area contributed by atoms with Crippen LogP contribution in [0.25, 0.3) is 0 Å². The summed E-state index contributed by atoms with van der Waals surface area (Å²) in [6.45, 7) is 0.959. The smallest absolute Gasteiger partial charge is 0.336 e. The lowest BCUT2D eigenvalue weighted by Gasteiger charge is -2.18. The molecular formula is C14H19NO7. The molecule has 5 N–H and O–H groups in total. The van der Waals surface area contributed by atoms with Crippen molar-refractivity contribution in [2.24, 2.45) is 0 Å². The Balaban J connectivity index is 0.000000425. The molecule has 0 atom stereocenters. The molecule has 1 aromatic carbocycles. The summed E-state index contributed by atoms with van der Waals surface area (Å²) in [4.78, 5) is 30.5. The van der Waals surface area contributed by atoms with Gasteiger partial charge in [-0.25, -0.2) is 4.79 Å². The lowest BCUT2D eigenvalue weighted by Crippen LogP contribution is -2.42. The Hall–Kier alpha value is -2.45. The van der Waals surface area contributed by atoms with Gasteiger partial charge in [0.15, 0.2) is 5.60 Å². The predicted octanol–water partition coefficient (Wildman–Crippen LogP) is 0.158. The Bertz CT molecular complexity index is 485. The summed E-state index contributed by atoms with van der Waals surface area (Å²) in [7, 11) is 1.95. The first kappa shape index (κ1) is 19.6. The van der Waals surface area contributed by atoms with E-state index in [4.69, 9.17) is 20.4 Å². The zero-order chi connectivity index (χ0) is 17.2. The quantitative estimate of drug-likeness (QED) is 0.478. The van der Waals surface area contributed by atoms with E-state index in [1.54, 1.807) is 0 Å². The van der Waals surface area contributed by atoms with Crippen molar-refractivity contribution >= 4 is 17.9 Å². The number of carboxylic acid groups (broad SMARTS) is 3. The summed E-state index contributed by atoms with van der Waals surface area (Å²) in [5, 5.41) is 36.9. The fraction of sp³-hybridized carbons (Fsp3) is 0.357. The number of nitrogens with one attached hydrogen (secondary N) is 1. The van der Waals surface area contributed by atoms with Crippen LogP contribution in [0.4, 0.5) is 0 Å². The second-order valence-electron chi connectivity index (χ2n) is 4.49. The normalized spacial score (nSPS) is 10.3. The van der Waals surface area contributed by atoms with Crippen LogP contribution in [-0.2, 0) is 20.9 Å². The molecule has 22 heavy (non-hydrogen) atoms. The molecule has 0 saturated heterocycles. The third kappa shape index (κ3) is 7.98. The number of aliphatic carboxylic acids is 3. The molecule has 1 aromatic rings. The summed E-state index contributed by atoms with van der Waals surface area (Å²) in [6.07, 6.45) is -2.29. The first-order valence-corrected chi connectivity index (χ1v) is 6.29. The number of hydrogen-bond acceptors (Lipinski definition) is 5. The maximum Gasteiger partial charge on any atom is 0.336 e. The lowest BCUT2D eigenvalue weighted by molar-refractivity contribution is -0.170. The van der Waals surface area contributed by atoms with Crippen molar-refractivity contribution in [2.45, 2.75) is 25.0 Å². The average Bonchev–Trinajstić information content (AvgIpc) is 2.39. The first-order chi connectivity index (χ1) is 10.2. The summed E-state index contributed by atoms with van der Waals surface area (Å²) >= 11 is 0. The van der Waals surface area contributed by atoms with Crippen molar-refractivity contribution in [3.05, 3.63) is 35.9 Å². The van der Waals surface area contributed by atoms with Gasteiger partial charge in [0.05, 0.1) is 12.8 Å². The first-order valence-electron chi connectivity index (χ1n) is 6.29. The van der Waals surface area contributed by atoms with Crippen LogP contribution in [0.1, 0.15) is 18.4 Å². The predicted molar refractivity (Wildman–Crippen MR) is 76.3 cm³/mol. The molecule has 0 aliphatic rings. The van der Waals surface area contributed by atoms with Crippen molar-refractivity contribution in [2.75, 3.05) is 7.05 Å². The average molecular weight is 313 g/mol. The monoisotopic (exact) mass is 313 g/mol. The fourth-order valence-electron chi connectivity index (χ4n) is 1.51. The minimum atomic E-state index is -2.74. The van der Waals surface area contributed by atoms with Crippen LogP contribution in [0.2, 0.25) is 0 Å². The number of carbonyl (C=O) groups is 3. The van der Waals surface area contributed by atoms with Gasteiger partial charge in [-0.1, -0.05) is 30.3 Å². The van der Waals surface area contributed by atoms with E-state index in [1.165, 1.54) is 5.56 Å². The Morgan fingerprint density at radius 1 is 1.00 bits per heavy atom. The number of benzene rings is 1. The van der Waals surface area contributed by atoms with Gasteiger partial charge < -0.3 is 25.7 Å². The molecule has 0 aromatic heterocycles. The van der Waals surface area contributed by atoms with Gasteiger partial charge in [-0.3, -0.25) is 9.59 Å². The lowest BCUT2D eigenvalue weighted by atomic mass is 9.96. The molecule has 0 heterocycles. The second-order valence-corrected chi connectivity index (χ2v) is 4.49. The molecule has 1 rings (SSSR count). The highest BCUT2D eigenvalue weighted by atomic mass is 16.4. The maximum atomic E-state index is 10.3. The van der Waals surface area contributed by atoms with E-state index in [0.29, 0.717) is 0 Å². The largest absolute Gasteiger partial charge is 0.481 e. The molecule has 0 radical (unpaired) electrons. The maximum absolute atomic E-state index is 10.3. The van der Waals surface area contributed by atoms with Crippen molar-refractivity contribution in [1.82, 2.24) is 5.32 Å². The van der Waals surface area contributed by atoms with E-state index in [2.05, 4.69) is 17.4 Å². The van der Waals surface area contributed by atoms with E-state index >= 15 is 0 Å². The Morgan fingerprint density at radius 2 is 1.45 bits per heavy atom. The summed E-state index contributed by atoms with van der Waals surface area (Å²) in [5.41, 5.74) is -1.41. The van der Waals surface area contributed by atoms with E-state index < -0.39 is 36.4 Å². The Labute approximate surface area is 127 Å². The highest BCUT2D eigenvalue weighted by Crippen LogP contribution is 2.15. The van der Waals surface area contributed by atoms with Crippen LogP contribution in [0.15, 0.2) is 30.3 Å². The second kappa shape index (κ2) is 9.48. The highest BCUT2D eigenvalue weighted by molar-refractivity contribution is 5.88. The topological polar surface area (TPSA) is 144 Å². The van der Waals surface area contributed by atoms with Crippen molar-refractivity contribution < 1.29 is 34.8 Å². The molecule has 0 spiro atoms. The fourth-order valence-corrected chi connectivity index (χ4v) is 1.51. The van der Waals surface area contributed by atoms with Gasteiger partial charge in [0.2, 0.25) is 0 Å². The minimum absolute atomic E-state index is 0.959. The molecule has 0 amide bonds. The van der Waals surface area contributed by atoms with Crippen LogP contribution in [0.5, 0.6) is 0 Å².